The SMILES string of the molecule is Cc1ccc2c(n1)oc1c(-c3cccc(N(c4ccccc4)c4cccc(-c5nccn5-c5c(C(C)C)cccc5C(C)C)c4)n3)cccc12. The second-order valence-corrected chi connectivity index (χ2v) is 13.4. The molecule has 0 bridgehead atoms. The molecule has 0 fully saturated rings. The predicted octanol–water partition coefficient (Wildman–Crippen LogP) is 11.9. The number of rotatable bonds is 8. The Morgan fingerprint density at radius 2 is 1.38 bits per heavy atom. The van der Waals surface area contributed by atoms with Crippen molar-refractivity contribution in [1.82, 2.24) is 19.5 Å². The maximum atomic E-state index is 6.37. The van der Waals surface area contributed by atoms with E-state index in [0.717, 1.165) is 61.9 Å². The average molecular weight is 654 g/mol. The number of nitrogens with zero attached hydrogens (tertiary/aromatic N) is 5. The summed E-state index contributed by atoms with van der Waals surface area (Å²) in [6.45, 7) is 11.0. The first-order chi connectivity index (χ1) is 24.4. The summed E-state index contributed by atoms with van der Waals surface area (Å²) in [6, 6.07) is 42.1. The molecule has 4 aromatic carbocycles. The van der Waals surface area contributed by atoms with E-state index in [1.807, 2.05) is 31.3 Å². The van der Waals surface area contributed by atoms with E-state index in [1.54, 1.807) is 0 Å². The summed E-state index contributed by atoms with van der Waals surface area (Å²) in [4.78, 5) is 17.1. The molecule has 4 aromatic heterocycles. The van der Waals surface area contributed by atoms with Gasteiger partial charge in [0.2, 0.25) is 5.71 Å². The average Bonchev–Trinajstić information content (AvgIpc) is 3.77. The first kappa shape index (κ1) is 31.3. The minimum Gasteiger partial charge on any atom is -0.437 e. The van der Waals surface area contributed by atoms with Crippen molar-refractivity contribution < 1.29 is 4.42 Å². The minimum atomic E-state index is 0.364. The van der Waals surface area contributed by atoms with Crippen molar-refractivity contribution in [3.63, 3.8) is 0 Å². The molecular formula is C44H39N5O. The van der Waals surface area contributed by atoms with Gasteiger partial charge in [-0.1, -0.05) is 94.4 Å². The molecule has 0 atom stereocenters. The maximum Gasteiger partial charge on any atom is 0.227 e. The van der Waals surface area contributed by atoms with E-state index in [4.69, 9.17) is 14.4 Å². The molecule has 6 heteroatoms. The molecule has 0 saturated heterocycles. The number of furan rings is 1. The minimum absolute atomic E-state index is 0.364. The van der Waals surface area contributed by atoms with Gasteiger partial charge in [-0.2, -0.15) is 0 Å². The van der Waals surface area contributed by atoms with Crippen LogP contribution >= 0.6 is 0 Å². The van der Waals surface area contributed by atoms with Crippen molar-refractivity contribution in [2.24, 2.45) is 0 Å². The lowest BCUT2D eigenvalue weighted by atomic mass is 9.92. The molecule has 246 valence electrons. The molecular weight excluding hydrogens is 615 g/mol. The molecule has 0 aliphatic carbocycles. The van der Waals surface area contributed by atoms with Gasteiger partial charge in [0.15, 0.2) is 0 Å². The number of para-hydroxylation sites is 3. The highest BCUT2D eigenvalue weighted by Gasteiger charge is 2.21. The van der Waals surface area contributed by atoms with Crippen LogP contribution in [0, 0.1) is 6.92 Å². The van der Waals surface area contributed by atoms with Crippen molar-refractivity contribution in [3.8, 4) is 28.3 Å². The van der Waals surface area contributed by atoms with Crippen LogP contribution in [0.3, 0.4) is 0 Å². The van der Waals surface area contributed by atoms with Gasteiger partial charge < -0.3 is 4.42 Å². The van der Waals surface area contributed by atoms with E-state index < -0.39 is 0 Å². The van der Waals surface area contributed by atoms with Gasteiger partial charge in [0.05, 0.1) is 11.4 Å². The number of fused-ring (bicyclic) bond motifs is 3. The summed E-state index contributed by atoms with van der Waals surface area (Å²) in [5.41, 5.74) is 10.9. The summed E-state index contributed by atoms with van der Waals surface area (Å²) >= 11 is 0. The normalized spacial score (nSPS) is 11.7. The number of imidazole rings is 1. The van der Waals surface area contributed by atoms with Crippen LogP contribution in [0.5, 0.6) is 0 Å². The molecule has 0 aliphatic heterocycles. The molecule has 0 radical (unpaired) electrons. The third-order valence-corrected chi connectivity index (χ3v) is 9.34. The lowest BCUT2D eigenvalue weighted by Gasteiger charge is -2.25. The molecule has 8 rings (SSSR count). The number of hydrogen-bond acceptors (Lipinski definition) is 5. The van der Waals surface area contributed by atoms with E-state index in [0.29, 0.717) is 17.5 Å². The number of aryl methyl sites for hydroxylation is 1. The van der Waals surface area contributed by atoms with Crippen molar-refractivity contribution in [3.05, 3.63) is 151 Å². The monoisotopic (exact) mass is 653 g/mol. The van der Waals surface area contributed by atoms with Gasteiger partial charge in [-0.15, -0.1) is 0 Å². The Kier molecular flexibility index (Phi) is 8.00. The summed E-state index contributed by atoms with van der Waals surface area (Å²) in [6.07, 6.45) is 3.99. The number of aromatic nitrogens is 4. The molecule has 0 amide bonds. The largest absolute Gasteiger partial charge is 0.437 e. The molecule has 0 unspecified atom stereocenters. The number of benzene rings is 4. The Labute approximate surface area is 292 Å². The summed E-state index contributed by atoms with van der Waals surface area (Å²) in [7, 11) is 0. The van der Waals surface area contributed by atoms with Crippen LogP contribution in [0.25, 0.3) is 50.4 Å². The number of pyridine rings is 2. The fourth-order valence-electron chi connectivity index (χ4n) is 6.93. The van der Waals surface area contributed by atoms with E-state index >= 15 is 0 Å². The Morgan fingerprint density at radius 3 is 2.16 bits per heavy atom. The van der Waals surface area contributed by atoms with Crippen LogP contribution in [0.4, 0.5) is 17.2 Å². The van der Waals surface area contributed by atoms with E-state index in [2.05, 4.69) is 151 Å². The quantitative estimate of drug-likeness (QED) is 0.163. The third-order valence-electron chi connectivity index (χ3n) is 9.34. The second kappa shape index (κ2) is 12.8. The predicted molar refractivity (Wildman–Crippen MR) is 205 cm³/mol. The van der Waals surface area contributed by atoms with Gasteiger partial charge in [-0.25, -0.2) is 15.0 Å². The van der Waals surface area contributed by atoms with Crippen molar-refractivity contribution >= 4 is 39.3 Å². The Bertz CT molecular complexity index is 2450. The van der Waals surface area contributed by atoms with Gasteiger partial charge in [0.25, 0.3) is 0 Å². The summed E-state index contributed by atoms with van der Waals surface area (Å²) in [5, 5.41) is 2.03. The molecule has 0 spiro atoms. The first-order valence-electron chi connectivity index (χ1n) is 17.3. The topological polar surface area (TPSA) is 60.0 Å². The molecule has 0 saturated carbocycles. The van der Waals surface area contributed by atoms with Crippen LogP contribution in [-0.4, -0.2) is 19.5 Å². The standard InChI is InChI=1S/C44H39N5O/c1-28(2)34-17-10-18-35(29(3)4)41(34)48-26-25-45-43(48)31-13-9-16-33(27-31)49(32-14-7-6-8-15-32)40-22-12-21-39(47-40)38-20-11-19-36-37-24-23-30(5)46-44(37)50-42(36)38/h6-29H,1-5H3. The fourth-order valence-corrected chi connectivity index (χ4v) is 6.93. The van der Waals surface area contributed by atoms with Crippen molar-refractivity contribution in [2.75, 3.05) is 4.90 Å². The number of anilines is 3. The highest BCUT2D eigenvalue weighted by atomic mass is 16.3. The van der Waals surface area contributed by atoms with E-state index in [9.17, 15) is 0 Å². The van der Waals surface area contributed by atoms with Gasteiger partial charge in [-0.05, 0) is 84.5 Å². The van der Waals surface area contributed by atoms with Crippen LogP contribution < -0.4 is 4.90 Å². The summed E-state index contributed by atoms with van der Waals surface area (Å²) in [5.74, 6) is 2.42. The van der Waals surface area contributed by atoms with Crippen molar-refractivity contribution in [2.45, 2.75) is 46.5 Å². The third kappa shape index (κ3) is 5.53. The van der Waals surface area contributed by atoms with Gasteiger partial charge in [0, 0.05) is 51.4 Å². The fraction of sp³-hybridized carbons (Fsp3) is 0.159. The van der Waals surface area contributed by atoms with Crippen LogP contribution in [0.2, 0.25) is 0 Å². The van der Waals surface area contributed by atoms with Crippen LogP contribution in [0.15, 0.2) is 138 Å². The van der Waals surface area contributed by atoms with E-state index in [-0.39, 0.29) is 0 Å². The maximum absolute atomic E-state index is 6.37. The molecule has 50 heavy (non-hydrogen) atoms. The molecule has 0 aliphatic rings. The highest BCUT2D eigenvalue weighted by molar-refractivity contribution is 6.08. The molecule has 8 aromatic rings. The Morgan fingerprint density at radius 1 is 0.660 bits per heavy atom. The van der Waals surface area contributed by atoms with Gasteiger partial charge in [-0.3, -0.25) is 9.47 Å². The Balaban J connectivity index is 1.26. The smallest absolute Gasteiger partial charge is 0.227 e. The summed E-state index contributed by atoms with van der Waals surface area (Å²) < 4.78 is 8.63. The second-order valence-electron chi connectivity index (χ2n) is 13.4. The van der Waals surface area contributed by atoms with E-state index in [1.165, 1.54) is 16.8 Å². The van der Waals surface area contributed by atoms with Gasteiger partial charge >= 0.3 is 0 Å². The lowest BCUT2D eigenvalue weighted by Crippen LogP contribution is -2.12. The molecule has 0 N–H and O–H groups in total. The van der Waals surface area contributed by atoms with Crippen LogP contribution in [-0.2, 0) is 0 Å². The van der Waals surface area contributed by atoms with Gasteiger partial charge in [0.1, 0.15) is 17.2 Å². The zero-order valence-corrected chi connectivity index (χ0v) is 29.0. The zero-order chi connectivity index (χ0) is 34.4. The number of hydrogen-bond donors (Lipinski definition) is 0. The Hall–Kier alpha value is -6.01. The first-order valence-corrected chi connectivity index (χ1v) is 17.3. The lowest BCUT2D eigenvalue weighted by molar-refractivity contribution is 0.653. The zero-order valence-electron chi connectivity index (χ0n) is 29.0. The van der Waals surface area contributed by atoms with Crippen molar-refractivity contribution in [1.29, 1.82) is 0 Å². The molecule has 6 nitrogen and oxygen atoms in total. The highest BCUT2D eigenvalue weighted by Crippen LogP contribution is 2.40. The van der Waals surface area contributed by atoms with Crippen LogP contribution in [0.1, 0.15) is 56.4 Å². The molecule has 4 heterocycles.